The molecule has 1 aromatic carbocycles. The van der Waals surface area contributed by atoms with Crippen molar-refractivity contribution < 1.29 is 0 Å². The molecule has 0 saturated carbocycles. The van der Waals surface area contributed by atoms with Gasteiger partial charge in [-0.25, -0.2) is 0 Å². The molecule has 3 nitrogen and oxygen atoms in total. The average molecular weight is 322 g/mol. The summed E-state index contributed by atoms with van der Waals surface area (Å²) in [5.41, 5.74) is 3.89. The summed E-state index contributed by atoms with van der Waals surface area (Å²) in [4.78, 5) is 0. The van der Waals surface area contributed by atoms with Crippen molar-refractivity contribution in [1.29, 1.82) is 0 Å². The normalized spacial score (nSPS) is 12.6. The first-order chi connectivity index (χ1) is 9.15. The fourth-order valence-electron chi connectivity index (χ4n) is 2.29. The van der Waals surface area contributed by atoms with E-state index in [1.54, 1.807) is 0 Å². The molecule has 102 valence electrons. The maximum Gasteiger partial charge on any atom is 0.0522 e. The molecule has 1 N–H and O–H groups in total. The van der Waals surface area contributed by atoms with Gasteiger partial charge in [-0.3, -0.25) is 4.68 Å². The highest BCUT2D eigenvalue weighted by Gasteiger charge is 2.14. The van der Waals surface area contributed by atoms with Crippen molar-refractivity contribution in [2.75, 3.05) is 7.05 Å². The van der Waals surface area contributed by atoms with Crippen LogP contribution in [-0.2, 0) is 13.0 Å². The lowest BCUT2D eigenvalue weighted by Crippen LogP contribution is -2.19. The van der Waals surface area contributed by atoms with Crippen LogP contribution < -0.4 is 5.32 Å². The van der Waals surface area contributed by atoms with E-state index in [9.17, 15) is 0 Å². The summed E-state index contributed by atoms with van der Waals surface area (Å²) >= 11 is 3.60. The van der Waals surface area contributed by atoms with Crippen molar-refractivity contribution in [3.05, 3.63) is 51.8 Å². The zero-order chi connectivity index (χ0) is 13.8. The minimum atomic E-state index is 0.312. The summed E-state index contributed by atoms with van der Waals surface area (Å²) in [6.07, 6.45) is 5.03. The zero-order valence-electron chi connectivity index (χ0n) is 11.7. The Kier molecular flexibility index (Phi) is 4.77. The number of nitrogens with one attached hydrogen (secondary N) is 1. The Morgan fingerprint density at radius 1 is 1.42 bits per heavy atom. The Morgan fingerprint density at radius 2 is 2.21 bits per heavy atom. The number of halogens is 1. The first-order valence-electron chi connectivity index (χ1n) is 6.59. The van der Waals surface area contributed by atoms with E-state index in [1.165, 1.54) is 16.7 Å². The second kappa shape index (κ2) is 6.35. The Morgan fingerprint density at radius 3 is 2.84 bits per heavy atom. The third-order valence-corrected chi connectivity index (χ3v) is 4.34. The molecule has 1 aromatic heterocycles. The Bertz CT molecular complexity index is 548. The van der Waals surface area contributed by atoms with Crippen molar-refractivity contribution in [2.45, 2.75) is 32.9 Å². The zero-order valence-corrected chi connectivity index (χ0v) is 13.2. The fourth-order valence-corrected chi connectivity index (χ4v) is 2.67. The predicted octanol–water partition coefficient (Wildman–Crippen LogP) is 3.48. The van der Waals surface area contributed by atoms with Crippen molar-refractivity contribution in [3.8, 4) is 0 Å². The van der Waals surface area contributed by atoms with E-state index in [4.69, 9.17) is 0 Å². The summed E-state index contributed by atoms with van der Waals surface area (Å²) in [5, 5.41) is 7.74. The third kappa shape index (κ3) is 3.25. The van der Waals surface area contributed by atoms with Crippen LogP contribution in [0.1, 0.15) is 29.7 Å². The van der Waals surface area contributed by atoms with Gasteiger partial charge >= 0.3 is 0 Å². The van der Waals surface area contributed by atoms with Crippen molar-refractivity contribution in [2.24, 2.45) is 0 Å². The van der Waals surface area contributed by atoms with Crippen LogP contribution in [0.2, 0.25) is 0 Å². The number of likely N-dealkylation sites (N-methyl/N-ethyl adjacent to an activating group) is 1. The monoisotopic (exact) mass is 321 g/mol. The van der Waals surface area contributed by atoms with Gasteiger partial charge in [-0.15, -0.1) is 0 Å². The molecule has 0 aliphatic rings. The molecule has 0 bridgehead atoms. The average Bonchev–Trinajstić information content (AvgIpc) is 2.87. The van der Waals surface area contributed by atoms with Crippen LogP contribution in [0, 0.1) is 6.92 Å². The molecule has 0 spiro atoms. The molecular weight excluding hydrogens is 302 g/mol. The van der Waals surface area contributed by atoms with Gasteiger partial charge in [0, 0.05) is 23.3 Å². The number of benzene rings is 1. The van der Waals surface area contributed by atoms with E-state index in [-0.39, 0.29) is 0 Å². The van der Waals surface area contributed by atoms with Gasteiger partial charge in [-0.1, -0.05) is 28.1 Å². The van der Waals surface area contributed by atoms with Gasteiger partial charge in [0.25, 0.3) is 0 Å². The highest BCUT2D eigenvalue weighted by molar-refractivity contribution is 9.10. The number of hydrogen-bond acceptors (Lipinski definition) is 2. The molecule has 19 heavy (non-hydrogen) atoms. The highest BCUT2D eigenvalue weighted by atomic mass is 79.9. The molecule has 0 radical (unpaired) electrons. The Balaban J connectivity index is 2.22. The molecule has 0 fully saturated rings. The number of aromatic nitrogens is 2. The van der Waals surface area contributed by atoms with Crippen LogP contribution in [0.15, 0.2) is 35.1 Å². The number of nitrogens with zero attached hydrogens (tertiary/aromatic N) is 2. The third-order valence-electron chi connectivity index (χ3n) is 3.48. The summed E-state index contributed by atoms with van der Waals surface area (Å²) in [6.45, 7) is 5.17. The Labute approximate surface area is 123 Å². The smallest absolute Gasteiger partial charge is 0.0522 e. The largest absolute Gasteiger partial charge is 0.313 e. The second-order valence-corrected chi connectivity index (χ2v) is 5.56. The van der Waals surface area contributed by atoms with Crippen molar-refractivity contribution >= 4 is 15.9 Å². The van der Waals surface area contributed by atoms with E-state index in [0.29, 0.717) is 6.04 Å². The summed E-state index contributed by atoms with van der Waals surface area (Å²) in [7, 11) is 2.01. The van der Waals surface area contributed by atoms with Gasteiger partial charge < -0.3 is 5.32 Å². The molecule has 0 amide bonds. The van der Waals surface area contributed by atoms with Crippen LogP contribution in [0.3, 0.4) is 0 Å². The SMILES string of the molecule is CCn1cc(CC(NC)c2cccc(Br)c2C)cn1. The van der Waals surface area contributed by atoms with E-state index in [0.717, 1.165) is 17.4 Å². The molecule has 1 heterocycles. The van der Waals surface area contributed by atoms with Crippen LogP contribution in [-0.4, -0.2) is 16.8 Å². The molecule has 0 aliphatic carbocycles. The number of hydrogen-bond donors (Lipinski definition) is 1. The summed E-state index contributed by atoms with van der Waals surface area (Å²) < 4.78 is 3.13. The standard InChI is InChI=1S/C15H20BrN3/c1-4-19-10-12(9-18-19)8-15(17-3)13-6-5-7-14(16)11(13)2/h5-7,9-10,15,17H,4,8H2,1-3H3. The molecule has 1 atom stereocenters. The Hall–Kier alpha value is -1.13. The molecular formula is C15H20BrN3. The lowest BCUT2D eigenvalue weighted by molar-refractivity contribution is 0.587. The van der Waals surface area contributed by atoms with Crippen molar-refractivity contribution in [3.63, 3.8) is 0 Å². The maximum atomic E-state index is 4.34. The summed E-state index contributed by atoms with van der Waals surface area (Å²) in [6, 6.07) is 6.67. The molecule has 0 aliphatic heterocycles. The fraction of sp³-hybridized carbons (Fsp3) is 0.400. The topological polar surface area (TPSA) is 29.9 Å². The van der Waals surface area contributed by atoms with Crippen molar-refractivity contribution in [1.82, 2.24) is 15.1 Å². The van der Waals surface area contributed by atoms with E-state index in [2.05, 4.69) is 64.6 Å². The van der Waals surface area contributed by atoms with Crippen LogP contribution in [0.4, 0.5) is 0 Å². The van der Waals surface area contributed by atoms with Gasteiger partial charge in [0.1, 0.15) is 0 Å². The maximum absolute atomic E-state index is 4.34. The van der Waals surface area contributed by atoms with Gasteiger partial charge in [-0.2, -0.15) is 5.10 Å². The molecule has 1 unspecified atom stereocenters. The van der Waals surface area contributed by atoms with Gasteiger partial charge in [0.15, 0.2) is 0 Å². The van der Waals surface area contributed by atoms with Crippen LogP contribution in [0.25, 0.3) is 0 Å². The van der Waals surface area contributed by atoms with Gasteiger partial charge in [0.2, 0.25) is 0 Å². The molecule has 4 heteroatoms. The first-order valence-corrected chi connectivity index (χ1v) is 7.38. The van der Waals surface area contributed by atoms with Gasteiger partial charge in [-0.05, 0) is 50.1 Å². The van der Waals surface area contributed by atoms with Gasteiger partial charge in [0.05, 0.1) is 6.20 Å². The van der Waals surface area contributed by atoms with E-state index < -0.39 is 0 Å². The second-order valence-electron chi connectivity index (χ2n) is 4.70. The minimum Gasteiger partial charge on any atom is -0.313 e. The predicted molar refractivity (Wildman–Crippen MR) is 82.3 cm³/mol. The number of aryl methyl sites for hydroxylation is 1. The van der Waals surface area contributed by atoms with Crippen LogP contribution in [0.5, 0.6) is 0 Å². The molecule has 2 rings (SSSR count). The minimum absolute atomic E-state index is 0.312. The molecule has 2 aromatic rings. The first kappa shape index (κ1) is 14.3. The lowest BCUT2D eigenvalue weighted by atomic mass is 9.97. The van der Waals surface area contributed by atoms with E-state index in [1.807, 2.05) is 17.9 Å². The lowest BCUT2D eigenvalue weighted by Gasteiger charge is -2.19. The highest BCUT2D eigenvalue weighted by Crippen LogP contribution is 2.26. The summed E-state index contributed by atoms with van der Waals surface area (Å²) in [5.74, 6) is 0. The van der Waals surface area contributed by atoms with Crippen LogP contribution >= 0.6 is 15.9 Å². The quantitative estimate of drug-likeness (QED) is 0.913. The van der Waals surface area contributed by atoms with E-state index >= 15 is 0 Å². The molecule has 0 saturated heterocycles. The number of rotatable bonds is 5.